The monoisotopic (exact) mass is 274 g/mol. The summed E-state index contributed by atoms with van der Waals surface area (Å²) >= 11 is 6.04. The summed E-state index contributed by atoms with van der Waals surface area (Å²) < 4.78 is 5.31. The molecule has 0 aliphatic heterocycles. The van der Waals surface area contributed by atoms with Crippen molar-refractivity contribution in [2.45, 2.75) is 25.2 Å². The zero-order chi connectivity index (χ0) is 13.2. The Bertz CT molecular complexity index is 596. The number of benzene rings is 1. The van der Waals surface area contributed by atoms with E-state index in [2.05, 4.69) is 28.2 Å². The lowest BCUT2D eigenvalue weighted by molar-refractivity contribution is 0.412. The fourth-order valence-corrected chi connectivity index (χ4v) is 2.63. The van der Waals surface area contributed by atoms with Crippen LogP contribution in [-0.4, -0.2) is 17.1 Å². The van der Waals surface area contributed by atoms with Crippen molar-refractivity contribution in [3.63, 3.8) is 0 Å². The third-order valence-corrected chi connectivity index (χ3v) is 3.97. The number of aromatic nitrogens is 2. The highest BCUT2D eigenvalue weighted by molar-refractivity contribution is 6.31. The van der Waals surface area contributed by atoms with Crippen molar-refractivity contribution in [1.29, 1.82) is 0 Å². The Balaban J connectivity index is 2.04. The summed E-state index contributed by atoms with van der Waals surface area (Å²) in [4.78, 5) is 8.25. The molecule has 1 heterocycles. The van der Waals surface area contributed by atoms with E-state index in [9.17, 15) is 0 Å². The number of rotatable bonds is 3. The van der Waals surface area contributed by atoms with E-state index in [1.54, 1.807) is 7.11 Å². The molecule has 3 rings (SSSR count). The van der Waals surface area contributed by atoms with Gasteiger partial charge in [0.1, 0.15) is 12.0 Å². The highest BCUT2D eigenvalue weighted by Crippen LogP contribution is 2.39. The van der Waals surface area contributed by atoms with Gasteiger partial charge in [-0.25, -0.2) is 9.97 Å². The molecule has 0 amide bonds. The van der Waals surface area contributed by atoms with Gasteiger partial charge in [-0.1, -0.05) is 36.2 Å². The summed E-state index contributed by atoms with van der Waals surface area (Å²) in [5.74, 6) is 1.23. The third kappa shape index (κ3) is 2.30. The predicted molar refractivity (Wildman–Crippen MR) is 75.6 cm³/mol. The fraction of sp³-hybridized carbons (Fsp3) is 0.333. The molecule has 0 unspecified atom stereocenters. The molecule has 0 radical (unpaired) electrons. The number of ether oxygens (including phenoxy) is 1. The number of methoxy groups -OCH3 is 1. The van der Waals surface area contributed by atoms with Crippen molar-refractivity contribution in [3.8, 4) is 17.0 Å². The minimum Gasteiger partial charge on any atom is -0.491 e. The quantitative estimate of drug-likeness (QED) is 0.791. The van der Waals surface area contributed by atoms with Crippen molar-refractivity contribution in [1.82, 2.24) is 9.97 Å². The molecular formula is C15H15ClN2O. The van der Waals surface area contributed by atoms with E-state index < -0.39 is 0 Å². The van der Waals surface area contributed by atoms with Gasteiger partial charge in [0.05, 0.1) is 7.11 Å². The van der Waals surface area contributed by atoms with Gasteiger partial charge in [0, 0.05) is 5.56 Å². The molecule has 3 nitrogen and oxygen atoms in total. The van der Waals surface area contributed by atoms with Crippen LogP contribution in [0.3, 0.4) is 0 Å². The van der Waals surface area contributed by atoms with Crippen LogP contribution in [0.15, 0.2) is 30.6 Å². The molecule has 1 aromatic heterocycles. The third-order valence-electron chi connectivity index (χ3n) is 3.70. The van der Waals surface area contributed by atoms with Crippen molar-refractivity contribution in [2.24, 2.45) is 0 Å². The smallest absolute Gasteiger partial charge is 0.182 e. The fourth-order valence-electron chi connectivity index (χ4n) is 2.42. The molecular weight excluding hydrogens is 260 g/mol. The van der Waals surface area contributed by atoms with Crippen LogP contribution in [0, 0.1) is 0 Å². The first-order valence-corrected chi connectivity index (χ1v) is 6.82. The van der Waals surface area contributed by atoms with Crippen molar-refractivity contribution < 1.29 is 4.74 Å². The van der Waals surface area contributed by atoms with Crippen molar-refractivity contribution in [3.05, 3.63) is 41.3 Å². The topological polar surface area (TPSA) is 35.0 Å². The van der Waals surface area contributed by atoms with E-state index >= 15 is 0 Å². The molecule has 4 heteroatoms. The van der Waals surface area contributed by atoms with Gasteiger partial charge in [-0.05, 0) is 30.4 Å². The van der Waals surface area contributed by atoms with Gasteiger partial charge in [-0.2, -0.15) is 0 Å². The Labute approximate surface area is 117 Å². The van der Waals surface area contributed by atoms with Crippen LogP contribution < -0.4 is 4.74 Å². The summed E-state index contributed by atoms with van der Waals surface area (Å²) in [6.07, 6.45) is 5.37. The first-order valence-electron chi connectivity index (χ1n) is 6.44. The number of hydrogen-bond donors (Lipinski definition) is 0. The van der Waals surface area contributed by atoms with Crippen molar-refractivity contribution in [2.75, 3.05) is 7.11 Å². The van der Waals surface area contributed by atoms with Gasteiger partial charge in [-0.15, -0.1) is 0 Å². The zero-order valence-corrected chi connectivity index (χ0v) is 11.5. The van der Waals surface area contributed by atoms with Gasteiger partial charge in [0.2, 0.25) is 0 Å². The molecule has 0 spiro atoms. The molecule has 2 aromatic rings. The van der Waals surface area contributed by atoms with Crippen LogP contribution in [0.4, 0.5) is 0 Å². The summed E-state index contributed by atoms with van der Waals surface area (Å²) in [5, 5.41) is 0.349. The van der Waals surface area contributed by atoms with Crippen LogP contribution in [0.5, 0.6) is 5.75 Å². The average molecular weight is 275 g/mol. The Kier molecular flexibility index (Phi) is 3.38. The first-order chi connectivity index (χ1) is 9.29. The maximum Gasteiger partial charge on any atom is 0.182 e. The van der Waals surface area contributed by atoms with Crippen LogP contribution in [-0.2, 0) is 0 Å². The maximum atomic E-state index is 6.04. The molecule has 19 heavy (non-hydrogen) atoms. The Morgan fingerprint density at radius 2 is 2.11 bits per heavy atom. The van der Waals surface area contributed by atoms with E-state index in [0.717, 1.165) is 11.3 Å². The summed E-state index contributed by atoms with van der Waals surface area (Å²) in [6.45, 7) is 0. The molecule has 0 atom stereocenters. The van der Waals surface area contributed by atoms with E-state index in [-0.39, 0.29) is 0 Å². The normalized spacial score (nSPS) is 15.1. The highest BCUT2D eigenvalue weighted by Gasteiger charge is 2.20. The Morgan fingerprint density at radius 3 is 2.79 bits per heavy atom. The molecule has 1 fully saturated rings. The van der Waals surface area contributed by atoms with Crippen LogP contribution >= 0.6 is 11.6 Å². The second-order valence-corrected chi connectivity index (χ2v) is 5.16. The standard InChI is InChI=1S/C15H15ClN2O/c1-19-14-13(17-9-18-15(14)16)12-7-3-6-11(8-12)10-4-2-5-10/h3,6-10H,2,4-5H2,1H3. The largest absolute Gasteiger partial charge is 0.491 e. The minimum atomic E-state index is 0.349. The van der Waals surface area contributed by atoms with Gasteiger partial charge in [-0.3, -0.25) is 0 Å². The maximum absolute atomic E-state index is 6.04. The lowest BCUT2D eigenvalue weighted by Crippen LogP contribution is -2.08. The summed E-state index contributed by atoms with van der Waals surface area (Å²) in [6, 6.07) is 8.47. The first kappa shape index (κ1) is 12.4. The van der Waals surface area contributed by atoms with Crippen LogP contribution in [0.1, 0.15) is 30.7 Å². The minimum absolute atomic E-state index is 0.349. The molecule has 1 saturated carbocycles. The van der Waals surface area contributed by atoms with Gasteiger partial charge < -0.3 is 4.74 Å². The molecule has 0 saturated heterocycles. The average Bonchev–Trinajstić information content (AvgIpc) is 2.37. The zero-order valence-electron chi connectivity index (χ0n) is 10.8. The molecule has 1 aliphatic rings. The summed E-state index contributed by atoms with van der Waals surface area (Å²) in [7, 11) is 1.59. The lowest BCUT2D eigenvalue weighted by atomic mass is 9.79. The summed E-state index contributed by atoms with van der Waals surface area (Å²) in [5.41, 5.74) is 3.16. The van der Waals surface area contributed by atoms with Gasteiger partial charge >= 0.3 is 0 Å². The van der Waals surface area contributed by atoms with E-state index in [4.69, 9.17) is 16.3 Å². The van der Waals surface area contributed by atoms with Gasteiger partial charge in [0.25, 0.3) is 0 Å². The van der Waals surface area contributed by atoms with E-state index in [0.29, 0.717) is 16.8 Å². The Morgan fingerprint density at radius 1 is 1.26 bits per heavy atom. The molecule has 1 aromatic carbocycles. The molecule has 1 aliphatic carbocycles. The van der Waals surface area contributed by atoms with Crippen molar-refractivity contribution >= 4 is 11.6 Å². The number of hydrogen-bond acceptors (Lipinski definition) is 3. The van der Waals surface area contributed by atoms with E-state index in [1.807, 2.05) is 6.07 Å². The SMILES string of the molecule is COc1c(Cl)ncnc1-c1cccc(C2CCC2)c1. The molecule has 0 bridgehead atoms. The number of nitrogens with zero attached hydrogens (tertiary/aromatic N) is 2. The highest BCUT2D eigenvalue weighted by atomic mass is 35.5. The van der Waals surface area contributed by atoms with Crippen LogP contribution in [0.2, 0.25) is 5.15 Å². The lowest BCUT2D eigenvalue weighted by Gasteiger charge is -2.26. The van der Waals surface area contributed by atoms with E-state index in [1.165, 1.54) is 31.2 Å². The van der Waals surface area contributed by atoms with Gasteiger partial charge in [0.15, 0.2) is 10.9 Å². The molecule has 0 N–H and O–H groups in total. The predicted octanol–water partition coefficient (Wildman–Crippen LogP) is 4.07. The second-order valence-electron chi connectivity index (χ2n) is 4.80. The Hall–Kier alpha value is -1.61. The second kappa shape index (κ2) is 5.17. The molecule has 98 valence electrons. The van der Waals surface area contributed by atoms with Crippen LogP contribution in [0.25, 0.3) is 11.3 Å². The number of halogens is 1.